The molecule has 3 heterocycles. The van der Waals surface area contributed by atoms with Gasteiger partial charge in [-0.1, -0.05) is 31.0 Å². The Labute approximate surface area is 184 Å². The highest BCUT2D eigenvalue weighted by Gasteiger charge is 2.30. The van der Waals surface area contributed by atoms with Crippen LogP contribution in [0.3, 0.4) is 0 Å². The van der Waals surface area contributed by atoms with E-state index in [2.05, 4.69) is 56.6 Å². The second-order valence-electron chi connectivity index (χ2n) is 9.21. The Bertz CT molecular complexity index is 1050. The first-order valence-electron chi connectivity index (χ1n) is 11.7. The second-order valence-corrected chi connectivity index (χ2v) is 9.21. The fourth-order valence-electron chi connectivity index (χ4n) is 5.12. The zero-order chi connectivity index (χ0) is 21.2. The number of carbonyl (C=O) groups is 1. The van der Waals surface area contributed by atoms with Gasteiger partial charge in [-0.3, -0.25) is 9.69 Å². The van der Waals surface area contributed by atoms with Crippen LogP contribution in [0.5, 0.6) is 0 Å². The number of nitrogens with zero attached hydrogens (tertiary/aromatic N) is 4. The van der Waals surface area contributed by atoms with Gasteiger partial charge in [0.2, 0.25) is 0 Å². The van der Waals surface area contributed by atoms with E-state index in [1.807, 2.05) is 18.5 Å². The van der Waals surface area contributed by atoms with Crippen LogP contribution < -0.4 is 0 Å². The van der Waals surface area contributed by atoms with Gasteiger partial charge < -0.3 is 9.47 Å². The molecule has 0 saturated carbocycles. The summed E-state index contributed by atoms with van der Waals surface area (Å²) in [6.45, 7) is 7.00. The summed E-state index contributed by atoms with van der Waals surface area (Å²) >= 11 is 0. The first-order chi connectivity index (χ1) is 15.2. The molecule has 3 aromatic rings. The molecule has 0 N–H and O–H groups in total. The number of rotatable bonds is 4. The normalized spacial score (nSPS) is 20.3. The Morgan fingerprint density at radius 1 is 1.00 bits per heavy atom. The lowest BCUT2D eigenvalue weighted by Crippen LogP contribution is -2.39. The highest BCUT2D eigenvalue weighted by Crippen LogP contribution is 2.22. The second kappa shape index (κ2) is 8.83. The SMILES string of the molecule is Cc1ccc2c(c1)ncn2Cc1ccc(C(=O)N2CCC(N3CCCCCC3)C2)cc1. The Kier molecular flexibility index (Phi) is 5.77. The standard InChI is InChI=1S/C26H32N4O/c1-20-6-11-25-24(16-20)27-19-30(25)17-21-7-9-22(10-8-21)26(31)29-15-12-23(18-29)28-13-4-2-3-5-14-28/h6-11,16,19,23H,2-5,12-15,17-18H2,1H3. The molecule has 1 atom stereocenters. The van der Waals surface area contributed by atoms with E-state index in [1.54, 1.807) is 0 Å². The van der Waals surface area contributed by atoms with Crippen molar-refractivity contribution in [2.45, 2.75) is 51.6 Å². The maximum Gasteiger partial charge on any atom is 0.253 e. The fourth-order valence-corrected chi connectivity index (χ4v) is 5.12. The number of benzene rings is 2. The van der Waals surface area contributed by atoms with Crippen LogP contribution >= 0.6 is 0 Å². The van der Waals surface area contributed by atoms with Crippen LogP contribution in [-0.4, -0.2) is 57.5 Å². The van der Waals surface area contributed by atoms with E-state index in [9.17, 15) is 4.79 Å². The predicted octanol–water partition coefficient (Wildman–Crippen LogP) is 4.48. The number of aromatic nitrogens is 2. The molecule has 31 heavy (non-hydrogen) atoms. The molecular weight excluding hydrogens is 384 g/mol. The molecule has 0 radical (unpaired) electrons. The number of hydrogen-bond donors (Lipinski definition) is 0. The van der Waals surface area contributed by atoms with Gasteiger partial charge in [0, 0.05) is 31.2 Å². The largest absolute Gasteiger partial charge is 0.337 e. The van der Waals surface area contributed by atoms with Gasteiger partial charge in [0.1, 0.15) is 0 Å². The van der Waals surface area contributed by atoms with Crippen LogP contribution in [0.2, 0.25) is 0 Å². The Morgan fingerprint density at radius 3 is 2.55 bits per heavy atom. The Morgan fingerprint density at radius 2 is 1.77 bits per heavy atom. The fraction of sp³-hybridized carbons (Fsp3) is 0.462. The summed E-state index contributed by atoms with van der Waals surface area (Å²) in [5.74, 6) is 0.174. The minimum Gasteiger partial charge on any atom is -0.337 e. The molecule has 2 fully saturated rings. The summed E-state index contributed by atoms with van der Waals surface area (Å²) in [7, 11) is 0. The van der Waals surface area contributed by atoms with Crippen LogP contribution in [0.1, 0.15) is 53.6 Å². The zero-order valence-corrected chi connectivity index (χ0v) is 18.5. The average molecular weight is 417 g/mol. The third-order valence-corrected chi connectivity index (χ3v) is 6.94. The Hall–Kier alpha value is -2.66. The molecule has 1 aromatic heterocycles. The minimum atomic E-state index is 0.174. The molecule has 5 heteroatoms. The van der Waals surface area contributed by atoms with Crippen LogP contribution in [0, 0.1) is 6.92 Å². The van der Waals surface area contributed by atoms with Crippen molar-refractivity contribution < 1.29 is 4.79 Å². The number of likely N-dealkylation sites (tertiary alicyclic amines) is 2. The van der Waals surface area contributed by atoms with Crippen LogP contribution in [-0.2, 0) is 6.54 Å². The van der Waals surface area contributed by atoms with E-state index in [1.165, 1.54) is 49.9 Å². The molecule has 0 aliphatic carbocycles. The van der Waals surface area contributed by atoms with Gasteiger partial charge in [-0.25, -0.2) is 4.98 Å². The molecule has 0 spiro atoms. The van der Waals surface area contributed by atoms with Crippen molar-refractivity contribution in [3.63, 3.8) is 0 Å². The lowest BCUT2D eigenvalue weighted by atomic mass is 10.1. The van der Waals surface area contributed by atoms with Crippen molar-refractivity contribution >= 4 is 16.9 Å². The molecule has 5 nitrogen and oxygen atoms in total. The maximum absolute atomic E-state index is 13.1. The molecule has 2 aliphatic heterocycles. The molecule has 1 unspecified atom stereocenters. The molecule has 2 saturated heterocycles. The summed E-state index contributed by atoms with van der Waals surface area (Å²) in [5.41, 5.74) is 5.37. The van der Waals surface area contributed by atoms with Crippen molar-refractivity contribution in [3.05, 3.63) is 65.5 Å². The van der Waals surface area contributed by atoms with Crippen molar-refractivity contribution in [1.82, 2.24) is 19.4 Å². The Balaban J connectivity index is 1.23. The highest BCUT2D eigenvalue weighted by molar-refractivity contribution is 5.94. The molecular formula is C26H32N4O. The topological polar surface area (TPSA) is 41.4 Å². The number of aryl methyl sites for hydroxylation is 1. The molecule has 0 bridgehead atoms. The van der Waals surface area contributed by atoms with Crippen LogP contribution in [0.15, 0.2) is 48.8 Å². The maximum atomic E-state index is 13.1. The molecule has 2 aliphatic rings. The number of imidazole rings is 1. The molecule has 5 rings (SSSR count). The predicted molar refractivity (Wildman–Crippen MR) is 124 cm³/mol. The number of hydrogen-bond acceptors (Lipinski definition) is 3. The average Bonchev–Trinajstić information content (AvgIpc) is 3.33. The summed E-state index contributed by atoms with van der Waals surface area (Å²) < 4.78 is 2.16. The first kappa shape index (κ1) is 20.3. The lowest BCUT2D eigenvalue weighted by Gasteiger charge is -2.27. The quantitative estimate of drug-likeness (QED) is 0.630. The van der Waals surface area contributed by atoms with E-state index >= 15 is 0 Å². The van der Waals surface area contributed by atoms with Crippen molar-refractivity contribution in [3.8, 4) is 0 Å². The summed E-state index contributed by atoms with van der Waals surface area (Å²) in [5, 5.41) is 0. The molecule has 162 valence electrons. The molecule has 1 amide bonds. The van der Waals surface area contributed by atoms with Gasteiger partial charge >= 0.3 is 0 Å². The number of amides is 1. The van der Waals surface area contributed by atoms with E-state index in [-0.39, 0.29) is 5.91 Å². The van der Waals surface area contributed by atoms with Gasteiger partial charge in [0.05, 0.1) is 17.4 Å². The first-order valence-corrected chi connectivity index (χ1v) is 11.7. The number of carbonyl (C=O) groups excluding carboxylic acids is 1. The van der Waals surface area contributed by atoms with Gasteiger partial charge in [-0.05, 0) is 74.7 Å². The van der Waals surface area contributed by atoms with Gasteiger partial charge in [-0.2, -0.15) is 0 Å². The van der Waals surface area contributed by atoms with E-state index in [4.69, 9.17) is 0 Å². The third kappa shape index (κ3) is 4.38. The van der Waals surface area contributed by atoms with E-state index in [0.717, 1.165) is 42.7 Å². The number of fused-ring (bicyclic) bond motifs is 1. The zero-order valence-electron chi connectivity index (χ0n) is 18.5. The third-order valence-electron chi connectivity index (χ3n) is 6.94. The van der Waals surface area contributed by atoms with Crippen LogP contribution in [0.25, 0.3) is 11.0 Å². The van der Waals surface area contributed by atoms with Crippen molar-refractivity contribution in [1.29, 1.82) is 0 Å². The lowest BCUT2D eigenvalue weighted by molar-refractivity contribution is 0.0777. The van der Waals surface area contributed by atoms with Gasteiger partial charge in [0.25, 0.3) is 5.91 Å². The monoisotopic (exact) mass is 416 g/mol. The van der Waals surface area contributed by atoms with Crippen molar-refractivity contribution in [2.24, 2.45) is 0 Å². The molecule has 2 aromatic carbocycles. The van der Waals surface area contributed by atoms with Gasteiger partial charge in [-0.15, -0.1) is 0 Å². The minimum absolute atomic E-state index is 0.174. The van der Waals surface area contributed by atoms with Crippen LogP contribution in [0.4, 0.5) is 0 Å². The van der Waals surface area contributed by atoms with E-state index < -0.39 is 0 Å². The van der Waals surface area contributed by atoms with Gasteiger partial charge in [0.15, 0.2) is 0 Å². The smallest absolute Gasteiger partial charge is 0.253 e. The van der Waals surface area contributed by atoms with E-state index in [0.29, 0.717) is 6.04 Å². The summed E-state index contributed by atoms with van der Waals surface area (Å²) in [6.07, 6.45) is 8.32. The highest BCUT2D eigenvalue weighted by atomic mass is 16.2. The van der Waals surface area contributed by atoms with Crippen molar-refractivity contribution in [2.75, 3.05) is 26.2 Å². The summed E-state index contributed by atoms with van der Waals surface area (Å²) in [4.78, 5) is 22.3. The summed E-state index contributed by atoms with van der Waals surface area (Å²) in [6, 6.07) is 15.0.